The highest BCUT2D eigenvalue weighted by Crippen LogP contribution is 2.19. The summed E-state index contributed by atoms with van der Waals surface area (Å²) in [7, 11) is -2.51. The first-order chi connectivity index (χ1) is 9.07. The Morgan fingerprint density at radius 2 is 0.789 bits per heavy atom. The third kappa shape index (κ3) is 5.59. The zero-order valence-corrected chi connectivity index (χ0v) is 15.9. The Hall–Kier alpha value is -0.446. The molecule has 0 rings (SSSR count). The predicted molar refractivity (Wildman–Crippen MR) is 94.6 cm³/mol. The third-order valence-electron chi connectivity index (χ3n) is 4.94. The van der Waals surface area contributed by atoms with Gasteiger partial charge in [0.05, 0.1) is 6.42 Å². The molecule has 0 atom stereocenters. The Morgan fingerprint density at radius 3 is 1.00 bits per heavy atom. The van der Waals surface area contributed by atoms with Crippen LogP contribution in [0.2, 0.25) is 36.3 Å². The van der Waals surface area contributed by atoms with Gasteiger partial charge in [0, 0.05) is 0 Å². The summed E-state index contributed by atoms with van der Waals surface area (Å²) < 4.78 is 0. The summed E-state index contributed by atoms with van der Waals surface area (Å²) in [4.78, 5) is 0. The van der Waals surface area contributed by atoms with Crippen molar-refractivity contribution in [2.75, 3.05) is 0 Å². The van der Waals surface area contributed by atoms with Crippen LogP contribution in [-0.2, 0) is 0 Å². The van der Waals surface area contributed by atoms with E-state index in [1.165, 1.54) is 36.3 Å². The molecule has 0 saturated carbocycles. The average Bonchev–Trinajstić information content (AvgIpc) is 2.48. The highest BCUT2D eigenvalue weighted by molar-refractivity contribution is 6.87. The topological polar surface area (TPSA) is 0 Å². The molecule has 0 aromatic carbocycles. The Balaban J connectivity index is 4.70. The molecular weight excluding hydrogens is 260 g/mol. The van der Waals surface area contributed by atoms with Gasteiger partial charge < -0.3 is 0 Å². The number of rotatable bonds is 6. The summed E-state index contributed by atoms with van der Waals surface area (Å²) >= 11 is 0. The average molecular weight is 293 g/mol. The van der Waals surface area contributed by atoms with Gasteiger partial charge in [0.15, 0.2) is 0 Å². The molecule has 0 aliphatic rings. The lowest BCUT2D eigenvalue weighted by atomic mass is 10.5. The fourth-order valence-electron chi connectivity index (χ4n) is 2.54. The first-order valence-corrected chi connectivity index (χ1v) is 13.3. The first-order valence-electron chi connectivity index (χ1n) is 8.07. The van der Waals surface area contributed by atoms with E-state index < -0.39 is 16.1 Å². The molecule has 0 nitrogen and oxygen atoms in total. The van der Waals surface area contributed by atoms with Crippen molar-refractivity contribution in [1.29, 1.82) is 0 Å². The van der Waals surface area contributed by atoms with Gasteiger partial charge in [-0.2, -0.15) is 0 Å². The quantitative estimate of drug-likeness (QED) is 0.449. The molecule has 0 heterocycles. The van der Waals surface area contributed by atoms with Gasteiger partial charge in [0.2, 0.25) is 0 Å². The van der Waals surface area contributed by atoms with Crippen LogP contribution in [0.1, 0.15) is 48.0 Å². The Labute approximate surface area is 123 Å². The minimum Gasteiger partial charge on any atom is -0.130 e. The lowest BCUT2D eigenvalue weighted by molar-refractivity contribution is 1.20. The zero-order valence-electron chi connectivity index (χ0n) is 13.9. The van der Waals surface area contributed by atoms with Crippen molar-refractivity contribution in [2.45, 2.75) is 84.2 Å². The highest BCUT2D eigenvalue weighted by Gasteiger charge is 2.24. The van der Waals surface area contributed by atoms with Crippen LogP contribution in [0.5, 0.6) is 0 Å². The molecule has 0 aliphatic heterocycles. The molecule has 0 aliphatic carbocycles. The molecule has 0 aromatic heterocycles. The second kappa shape index (κ2) is 9.46. The molecule has 0 N–H and O–H groups in total. The van der Waals surface area contributed by atoms with Crippen LogP contribution in [0.3, 0.4) is 0 Å². The molecular formula is C17H32Si2. The maximum atomic E-state index is 3.62. The Morgan fingerprint density at radius 1 is 0.526 bits per heavy atom. The van der Waals surface area contributed by atoms with Crippen molar-refractivity contribution < 1.29 is 0 Å². The van der Waals surface area contributed by atoms with Gasteiger partial charge in [-0.1, -0.05) is 53.4 Å². The summed E-state index contributed by atoms with van der Waals surface area (Å²) in [6.45, 7) is 13.8. The van der Waals surface area contributed by atoms with Crippen LogP contribution in [0, 0.1) is 22.9 Å². The second-order valence-corrected chi connectivity index (χ2v) is 15.3. The molecule has 0 spiro atoms. The minimum atomic E-state index is -1.26. The van der Waals surface area contributed by atoms with Gasteiger partial charge in [-0.05, 0) is 36.3 Å². The summed E-state index contributed by atoms with van der Waals surface area (Å²) in [5.41, 5.74) is 7.25. The normalized spacial score (nSPS) is 11.3. The molecule has 0 radical (unpaired) electrons. The molecule has 0 saturated heterocycles. The lowest BCUT2D eigenvalue weighted by Gasteiger charge is -2.20. The molecule has 19 heavy (non-hydrogen) atoms. The van der Waals surface area contributed by atoms with E-state index in [0.29, 0.717) is 0 Å². The molecule has 0 aromatic rings. The largest absolute Gasteiger partial charge is 0.137 e. The zero-order chi connectivity index (χ0) is 14.8. The summed E-state index contributed by atoms with van der Waals surface area (Å²) in [5.74, 6) is 6.77. The second-order valence-electron chi connectivity index (χ2n) is 5.46. The van der Waals surface area contributed by atoms with E-state index in [9.17, 15) is 0 Å². The predicted octanol–water partition coefficient (Wildman–Crippen LogP) is 5.48. The van der Waals surface area contributed by atoms with Gasteiger partial charge >= 0.3 is 0 Å². The smallest absolute Gasteiger partial charge is 0.130 e. The fourth-order valence-corrected chi connectivity index (χ4v) is 7.53. The van der Waals surface area contributed by atoms with Crippen LogP contribution in [0.4, 0.5) is 0 Å². The summed E-state index contributed by atoms with van der Waals surface area (Å²) in [6, 6.07) is 7.74. The van der Waals surface area contributed by atoms with E-state index in [4.69, 9.17) is 0 Å². The van der Waals surface area contributed by atoms with Crippen LogP contribution in [0.15, 0.2) is 0 Å². The van der Waals surface area contributed by atoms with Crippen molar-refractivity contribution in [1.82, 2.24) is 0 Å². The van der Waals surface area contributed by atoms with Gasteiger partial charge in [-0.15, -0.1) is 11.1 Å². The lowest BCUT2D eigenvalue weighted by Crippen LogP contribution is -2.29. The summed E-state index contributed by atoms with van der Waals surface area (Å²) in [6.07, 6.45) is 0.795. The van der Waals surface area contributed by atoms with Gasteiger partial charge in [0.1, 0.15) is 16.1 Å². The van der Waals surface area contributed by atoms with E-state index in [2.05, 4.69) is 64.5 Å². The third-order valence-corrected chi connectivity index (χ3v) is 14.5. The van der Waals surface area contributed by atoms with Crippen molar-refractivity contribution in [3.8, 4) is 22.9 Å². The van der Waals surface area contributed by atoms with Crippen LogP contribution < -0.4 is 0 Å². The first kappa shape index (κ1) is 18.6. The SMILES string of the molecule is CC[Si](C#CCC#C[Si](CC)(CC)CC)(CC)CC. The maximum absolute atomic E-state index is 3.62. The van der Waals surface area contributed by atoms with Crippen LogP contribution in [-0.4, -0.2) is 16.1 Å². The molecule has 0 unspecified atom stereocenters. The van der Waals surface area contributed by atoms with Gasteiger partial charge in [-0.25, -0.2) is 0 Å². The monoisotopic (exact) mass is 292 g/mol. The van der Waals surface area contributed by atoms with Crippen LogP contribution >= 0.6 is 0 Å². The minimum absolute atomic E-state index is 0.795. The number of hydrogen-bond donors (Lipinski definition) is 0. The number of hydrogen-bond acceptors (Lipinski definition) is 0. The van der Waals surface area contributed by atoms with Gasteiger partial charge in [-0.3, -0.25) is 0 Å². The van der Waals surface area contributed by atoms with Crippen molar-refractivity contribution >= 4 is 16.1 Å². The van der Waals surface area contributed by atoms with E-state index in [1.807, 2.05) is 0 Å². The van der Waals surface area contributed by atoms with E-state index in [0.717, 1.165) is 6.42 Å². The molecule has 0 fully saturated rings. The van der Waals surface area contributed by atoms with E-state index >= 15 is 0 Å². The van der Waals surface area contributed by atoms with E-state index in [1.54, 1.807) is 0 Å². The fraction of sp³-hybridized carbons (Fsp3) is 0.765. The molecule has 2 heteroatoms. The van der Waals surface area contributed by atoms with E-state index in [-0.39, 0.29) is 0 Å². The van der Waals surface area contributed by atoms with Crippen molar-refractivity contribution in [2.24, 2.45) is 0 Å². The van der Waals surface area contributed by atoms with Gasteiger partial charge in [0.25, 0.3) is 0 Å². The maximum Gasteiger partial charge on any atom is 0.137 e. The molecule has 0 amide bonds. The highest BCUT2D eigenvalue weighted by atomic mass is 28.3. The van der Waals surface area contributed by atoms with Crippen molar-refractivity contribution in [3.63, 3.8) is 0 Å². The standard InChI is InChI=1S/C17H32Si2/c1-7-18(8-2,9-3)16-14-13-15-17-19(10-4,11-5)12-6/h7-13H2,1-6H3. The Bertz CT molecular complexity index is 302. The molecule has 0 bridgehead atoms. The van der Waals surface area contributed by atoms with Crippen molar-refractivity contribution in [3.05, 3.63) is 0 Å². The Kier molecular flexibility index (Phi) is 9.23. The summed E-state index contributed by atoms with van der Waals surface area (Å²) in [5, 5.41) is 0. The van der Waals surface area contributed by atoms with Crippen LogP contribution in [0.25, 0.3) is 0 Å². The molecule has 108 valence electrons.